The van der Waals surface area contributed by atoms with E-state index in [0.29, 0.717) is 0 Å². The van der Waals surface area contributed by atoms with Crippen molar-refractivity contribution >= 4 is 0 Å². The fourth-order valence-corrected chi connectivity index (χ4v) is 1.89. The Morgan fingerprint density at radius 1 is 1.57 bits per heavy atom. The summed E-state index contributed by atoms with van der Waals surface area (Å²) in [5.74, 6) is 0.875. The molecule has 0 radical (unpaired) electrons. The van der Waals surface area contributed by atoms with E-state index in [-0.39, 0.29) is 0 Å². The first kappa shape index (κ1) is 11.5. The van der Waals surface area contributed by atoms with Crippen LogP contribution < -0.4 is 5.32 Å². The summed E-state index contributed by atoms with van der Waals surface area (Å²) in [7, 11) is 3.95. The van der Waals surface area contributed by atoms with Gasteiger partial charge in [0.2, 0.25) is 0 Å². The summed E-state index contributed by atoms with van der Waals surface area (Å²) in [5.41, 5.74) is -0.404. The topological polar surface area (TPSA) is 39.1 Å². The predicted molar refractivity (Wildman–Crippen MR) is 57.9 cm³/mol. The van der Waals surface area contributed by atoms with Gasteiger partial charge in [-0.2, -0.15) is 5.26 Å². The molecular weight excluding hydrogens is 174 g/mol. The third kappa shape index (κ3) is 2.97. The lowest BCUT2D eigenvalue weighted by Crippen LogP contribution is -2.49. The average molecular weight is 195 g/mol. The summed E-state index contributed by atoms with van der Waals surface area (Å²) < 4.78 is 0. The van der Waals surface area contributed by atoms with E-state index in [2.05, 4.69) is 23.3 Å². The average Bonchev–Trinajstić information content (AvgIpc) is 2.11. The van der Waals surface area contributed by atoms with E-state index in [1.165, 1.54) is 19.3 Å². The number of hydrogen-bond acceptors (Lipinski definition) is 3. The molecule has 0 aromatic heterocycles. The minimum atomic E-state index is -0.404. The van der Waals surface area contributed by atoms with Crippen molar-refractivity contribution in [3.8, 4) is 6.07 Å². The van der Waals surface area contributed by atoms with Crippen molar-refractivity contribution in [2.45, 2.75) is 31.7 Å². The van der Waals surface area contributed by atoms with Crippen LogP contribution in [0.5, 0.6) is 0 Å². The normalized spacial score (nSPS) is 21.4. The van der Waals surface area contributed by atoms with Crippen LogP contribution in [0.1, 0.15) is 26.2 Å². The van der Waals surface area contributed by atoms with Crippen LogP contribution in [0.3, 0.4) is 0 Å². The molecule has 1 rings (SSSR count). The Morgan fingerprint density at radius 2 is 2.21 bits per heavy atom. The van der Waals surface area contributed by atoms with Crippen LogP contribution in [0, 0.1) is 17.2 Å². The van der Waals surface area contributed by atoms with Crippen molar-refractivity contribution in [1.82, 2.24) is 10.2 Å². The van der Waals surface area contributed by atoms with Crippen molar-refractivity contribution in [2.24, 2.45) is 5.92 Å². The third-order valence-electron chi connectivity index (χ3n) is 3.18. The largest absolute Gasteiger partial charge is 0.303 e. The van der Waals surface area contributed by atoms with Gasteiger partial charge in [0.15, 0.2) is 0 Å². The van der Waals surface area contributed by atoms with Gasteiger partial charge in [-0.15, -0.1) is 0 Å². The Kier molecular flexibility index (Phi) is 3.91. The van der Waals surface area contributed by atoms with Gasteiger partial charge in [0, 0.05) is 13.1 Å². The first-order valence-electron chi connectivity index (χ1n) is 5.38. The van der Waals surface area contributed by atoms with Gasteiger partial charge in [0.05, 0.1) is 6.07 Å². The Balaban J connectivity index is 2.30. The Morgan fingerprint density at radius 3 is 2.57 bits per heavy atom. The highest BCUT2D eigenvalue weighted by molar-refractivity contribution is 5.04. The fraction of sp³-hybridized carbons (Fsp3) is 0.909. The number of rotatable bonds is 5. The standard InChI is InChI=1S/C11H21N3/c1-11(8-12,13-2)9-14(3)7-10-5-4-6-10/h10,13H,4-7,9H2,1-3H3. The lowest BCUT2D eigenvalue weighted by molar-refractivity contribution is 0.183. The lowest BCUT2D eigenvalue weighted by atomic mass is 9.85. The molecule has 1 aliphatic rings. The Bertz CT molecular complexity index is 217. The molecule has 0 aromatic carbocycles. The molecule has 0 spiro atoms. The second kappa shape index (κ2) is 4.77. The summed E-state index contributed by atoms with van der Waals surface area (Å²) in [6.45, 7) is 3.89. The van der Waals surface area contributed by atoms with Gasteiger partial charge in [-0.05, 0) is 39.8 Å². The molecule has 1 N–H and O–H groups in total. The molecule has 80 valence electrons. The molecule has 3 nitrogen and oxygen atoms in total. The van der Waals surface area contributed by atoms with Crippen LogP contribution in [0.2, 0.25) is 0 Å². The highest BCUT2D eigenvalue weighted by Gasteiger charge is 2.26. The summed E-state index contributed by atoms with van der Waals surface area (Å²) >= 11 is 0. The fourth-order valence-electron chi connectivity index (χ4n) is 1.89. The van der Waals surface area contributed by atoms with Crippen LogP contribution >= 0.6 is 0 Å². The zero-order chi connectivity index (χ0) is 10.6. The molecule has 1 fully saturated rings. The zero-order valence-electron chi connectivity index (χ0n) is 9.51. The van der Waals surface area contributed by atoms with Crippen molar-refractivity contribution in [3.05, 3.63) is 0 Å². The van der Waals surface area contributed by atoms with E-state index in [1.807, 2.05) is 14.0 Å². The minimum Gasteiger partial charge on any atom is -0.303 e. The molecule has 14 heavy (non-hydrogen) atoms. The smallest absolute Gasteiger partial charge is 0.116 e. The van der Waals surface area contributed by atoms with Crippen molar-refractivity contribution in [2.75, 3.05) is 27.2 Å². The van der Waals surface area contributed by atoms with E-state index in [1.54, 1.807) is 0 Å². The Hall–Kier alpha value is -0.590. The maximum atomic E-state index is 9.00. The molecule has 0 aromatic rings. The van der Waals surface area contributed by atoms with Crippen LogP contribution in [0.15, 0.2) is 0 Å². The van der Waals surface area contributed by atoms with Gasteiger partial charge in [-0.25, -0.2) is 0 Å². The van der Waals surface area contributed by atoms with E-state index in [4.69, 9.17) is 5.26 Å². The third-order valence-corrected chi connectivity index (χ3v) is 3.18. The molecule has 1 aliphatic carbocycles. The van der Waals surface area contributed by atoms with Gasteiger partial charge in [-0.1, -0.05) is 6.42 Å². The number of hydrogen-bond donors (Lipinski definition) is 1. The molecule has 3 heteroatoms. The van der Waals surface area contributed by atoms with Gasteiger partial charge in [0.25, 0.3) is 0 Å². The van der Waals surface area contributed by atoms with Crippen LogP contribution in [0.4, 0.5) is 0 Å². The van der Waals surface area contributed by atoms with E-state index >= 15 is 0 Å². The van der Waals surface area contributed by atoms with E-state index in [9.17, 15) is 0 Å². The summed E-state index contributed by atoms with van der Waals surface area (Å²) in [6, 6.07) is 2.32. The number of nitrogens with zero attached hydrogens (tertiary/aromatic N) is 2. The second-order valence-electron chi connectivity index (χ2n) is 4.69. The molecular formula is C11H21N3. The lowest BCUT2D eigenvalue weighted by Gasteiger charge is -2.33. The van der Waals surface area contributed by atoms with Gasteiger partial charge in [0.1, 0.15) is 5.54 Å². The number of likely N-dealkylation sites (N-methyl/N-ethyl adjacent to an activating group) is 2. The van der Waals surface area contributed by atoms with Crippen molar-refractivity contribution < 1.29 is 0 Å². The highest BCUT2D eigenvalue weighted by Crippen LogP contribution is 2.26. The monoisotopic (exact) mass is 195 g/mol. The minimum absolute atomic E-state index is 0.404. The van der Waals surface area contributed by atoms with E-state index < -0.39 is 5.54 Å². The zero-order valence-corrected chi connectivity index (χ0v) is 9.51. The van der Waals surface area contributed by atoms with Gasteiger partial charge in [-0.3, -0.25) is 0 Å². The SMILES string of the molecule is CNC(C)(C#N)CN(C)CC1CCC1. The molecule has 0 amide bonds. The molecule has 0 aliphatic heterocycles. The predicted octanol–water partition coefficient (Wildman–Crippen LogP) is 1.22. The molecule has 1 atom stereocenters. The van der Waals surface area contributed by atoms with Crippen molar-refractivity contribution in [1.29, 1.82) is 5.26 Å². The summed E-state index contributed by atoms with van der Waals surface area (Å²) in [4.78, 5) is 2.27. The van der Waals surface area contributed by atoms with Gasteiger partial charge >= 0.3 is 0 Å². The summed E-state index contributed by atoms with van der Waals surface area (Å²) in [5, 5.41) is 12.1. The number of nitriles is 1. The second-order valence-corrected chi connectivity index (χ2v) is 4.69. The first-order chi connectivity index (χ1) is 6.59. The van der Waals surface area contributed by atoms with Crippen LogP contribution in [-0.2, 0) is 0 Å². The number of nitrogens with one attached hydrogen (secondary N) is 1. The van der Waals surface area contributed by atoms with E-state index in [0.717, 1.165) is 19.0 Å². The molecule has 0 saturated heterocycles. The molecule has 0 heterocycles. The maximum absolute atomic E-state index is 9.00. The molecule has 1 unspecified atom stereocenters. The highest BCUT2D eigenvalue weighted by atomic mass is 15.1. The first-order valence-corrected chi connectivity index (χ1v) is 5.38. The van der Waals surface area contributed by atoms with Crippen LogP contribution in [-0.4, -0.2) is 37.6 Å². The van der Waals surface area contributed by atoms with Crippen molar-refractivity contribution in [3.63, 3.8) is 0 Å². The van der Waals surface area contributed by atoms with Crippen LogP contribution in [0.25, 0.3) is 0 Å². The quantitative estimate of drug-likeness (QED) is 0.717. The Labute approximate surface area is 87.1 Å². The molecule has 0 bridgehead atoms. The maximum Gasteiger partial charge on any atom is 0.116 e. The summed E-state index contributed by atoms with van der Waals surface area (Å²) in [6.07, 6.45) is 4.13. The molecule has 1 saturated carbocycles. The van der Waals surface area contributed by atoms with Gasteiger partial charge < -0.3 is 10.2 Å².